The molecule has 1 atom stereocenters. The first-order valence-corrected chi connectivity index (χ1v) is 6.17. The number of hydrogen-bond donors (Lipinski definition) is 2. The van der Waals surface area contributed by atoms with E-state index in [1.807, 2.05) is 19.1 Å². The van der Waals surface area contributed by atoms with Crippen molar-refractivity contribution in [3.63, 3.8) is 0 Å². The fourth-order valence-corrected chi connectivity index (χ4v) is 1.82. The molecule has 0 aromatic heterocycles. The number of methoxy groups -OCH3 is 1. The highest BCUT2D eigenvalue weighted by atomic mass is 16.5. The molecule has 0 heterocycles. The summed E-state index contributed by atoms with van der Waals surface area (Å²) in [4.78, 5) is 0. The van der Waals surface area contributed by atoms with Gasteiger partial charge in [-0.25, -0.2) is 0 Å². The van der Waals surface area contributed by atoms with Crippen LogP contribution in [0.3, 0.4) is 0 Å². The first-order chi connectivity index (χ1) is 8.15. The highest BCUT2D eigenvalue weighted by molar-refractivity contribution is 5.37. The molecule has 0 bridgehead atoms. The van der Waals surface area contributed by atoms with Crippen molar-refractivity contribution >= 4 is 0 Å². The van der Waals surface area contributed by atoms with Gasteiger partial charge in [0.1, 0.15) is 5.75 Å². The van der Waals surface area contributed by atoms with E-state index in [1.165, 1.54) is 5.56 Å². The van der Waals surface area contributed by atoms with Crippen LogP contribution >= 0.6 is 0 Å². The minimum Gasteiger partial charge on any atom is -0.508 e. The minimum atomic E-state index is 0.178. The molecule has 0 fully saturated rings. The topological polar surface area (TPSA) is 41.5 Å². The summed E-state index contributed by atoms with van der Waals surface area (Å²) in [6, 6.07) is 5.89. The third-order valence-electron chi connectivity index (χ3n) is 2.88. The third kappa shape index (κ3) is 4.75. The molecule has 2 N–H and O–H groups in total. The van der Waals surface area contributed by atoms with E-state index in [1.54, 1.807) is 13.2 Å². The second kappa shape index (κ2) is 7.30. The summed E-state index contributed by atoms with van der Waals surface area (Å²) in [6.07, 6.45) is 2.15. The molecule has 0 spiro atoms. The van der Waals surface area contributed by atoms with Gasteiger partial charge in [0, 0.05) is 25.3 Å². The predicted molar refractivity (Wildman–Crippen MR) is 70.4 cm³/mol. The molecule has 0 amide bonds. The van der Waals surface area contributed by atoms with Crippen LogP contribution in [0.2, 0.25) is 0 Å². The van der Waals surface area contributed by atoms with Crippen molar-refractivity contribution in [1.82, 2.24) is 5.32 Å². The number of phenols is 1. The molecule has 3 heteroatoms. The molecule has 0 aliphatic heterocycles. The zero-order valence-electron chi connectivity index (χ0n) is 11.0. The lowest BCUT2D eigenvalue weighted by Crippen LogP contribution is -2.20. The first-order valence-electron chi connectivity index (χ1n) is 6.17. The van der Waals surface area contributed by atoms with Crippen molar-refractivity contribution in [3.8, 4) is 5.75 Å². The highest BCUT2D eigenvalue weighted by Gasteiger charge is 2.09. The van der Waals surface area contributed by atoms with Crippen molar-refractivity contribution < 1.29 is 9.84 Å². The maximum absolute atomic E-state index is 9.79. The average molecular weight is 237 g/mol. The maximum Gasteiger partial charge on any atom is 0.120 e. The van der Waals surface area contributed by atoms with E-state index < -0.39 is 0 Å². The number of ether oxygens (including phenoxy) is 1. The highest BCUT2D eigenvalue weighted by Crippen LogP contribution is 2.24. The van der Waals surface area contributed by atoms with E-state index in [0.717, 1.165) is 31.6 Å². The molecule has 96 valence electrons. The normalized spacial score (nSPS) is 12.6. The average Bonchev–Trinajstić information content (AvgIpc) is 2.32. The summed E-state index contributed by atoms with van der Waals surface area (Å²) >= 11 is 0. The molecule has 1 aromatic carbocycles. The Labute approximate surface area is 104 Å². The first kappa shape index (κ1) is 14.0. The summed E-state index contributed by atoms with van der Waals surface area (Å²) in [7, 11) is 1.72. The van der Waals surface area contributed by atoms with Crippen molar-refractivity contribution in [3.05, 3.63) is 29.3 Å². The van der Waals surface area contributed by atoms with Gasteiger partial charge < -0.3 is 15.2 Å². The van der Waals surface area contributed by atoms with Crippen LogP contribution in [-0.4, -0.2) is 25.4 Å². The SMILES string of the molecule is COCCCCNC(C)c1cc(C)ccc1O. The fourth-order valence-electron chi connectivity index (χ4n) is 1.82. The zero-order chi connectivity index (χ0) is 12.7. The number of aromatic hydroxyl groups is 1. The van der Waals surface area contributed by atoms with Crippen LogP contribution in [0.4, 0.5) is 0 Å². The molecule has 0 radical (unpaired) electrons. The number of benzene rings is 1. The van der Waals surface area contributed by atoms with Gasteiger partial charge in [0.15, 0.2) is 0 Å². The van der Waals surface area contributed by atoms with Gasteiger partial charge in [-0.2, -0.15) is 0 Å². The molecule has 0 aliphatic carbocycles. The molecular weight excluding hydrogens is 214 g/mol. The lowest BCUT2D eigenvalue weighted by Gasteiger charge is -2.16. The van der Waals surface area contributed by atoms with Crippen LogP contribution in [0.15, 0.2) is 18.2 Å². The molecule has 17 heavy (non-hydrogen) atoms. The second-order valence-electron chi connectivity index (χ2n) is 4.44. The van der Waals surface area contributed by atoms with Crippen LogP contribution in [-0.2, 0) is 4.74 Å². The standard InChI is InChI=1S/C14H23NO2/c1-11-6-7-14(16)13(10-11)12(2)15-8-4-5-9-17-3/h6-7,10,12,15-16H,4-5,8-9H2,1-3H3. The van der Waals surface area contributed by atoms with Gasteiger partial charge in [-0.3, -0.25) is 0 Å². The lowest BCUT2D eigenvalue weighted by molar-refractivity contribution is 0.192. The number of nitrogens with one attached hydrogen (secondary N) is 1. The Morgan fingerprint density at radius 1 is 1.35 bits per heavy atom. The number of hydrogen-bond acceptors (Lipinski definition) is 3. The minimum absolute atomic E-state index is 0.178. The summed E-state index contributed by atoms with van der Waals surface area (Å²) in [6.45, 7) is 5.86. The fraction of sp³-hybridized carbons (Fsp3) is 0.571. The molecular formula is C14H23NO2. The molecule has 0 saturated heterocycles. The largest absolute Gasteiger partial charge is 0.508 e. The van der Waals surface area contributed by atoms with Gasteiger partial charge >= 0.3 is 0 Å². The number of phenolic OH excluding ortho intramolecular Hbond substituents is 1. The second-order valence-corrected chi connectivity index (χ2v) is 4.44. The number of rotatable bonds is 7. The number of unbranched alkanes of at least 4 members (excludes halogenated alkanes) is 1. The zero-order valence-corrected chi connectivity index (χ0v) is 11.0. The predicted octanol–water partition coefficient (Wildman–Crippen LogP) is 2.78. The van der Waals surface area contributed by atoms with E-state index in [9.17, 15) is 5.11 Å². The Hall–Kier alpha value is -1.06. The van der Waals surface area contributed by atoms with Gasteiger partial charge in [-0.15, -0.1) is 0 Å². The van der Waals surface area contributed by atoms with Crippen molar-refractivity contribution in [1.29, 1.82) is 0 Å². The Morgan fingerprint density at radius 3 is 2.82 bits per heavy atom. The van der Waals surface area contributed by atoms with Gasteiger partial charge in [0.05, 0.1) is 0 Å². The van der Waals surface area contributed by atoms with E-state index in [2.05, 4.69) is 12.2 Å². The molecule has 1 aromatic rings. The van der Waals surface area contributed by atoms with Crippen LogP contribution in [0.25, 0.3) is 0 Å². The van der Waals surface area contributed by atoms with Crippen LogP contribution in [0.1, 0.15) is 36.9 Å². The number of aryl methyl sites for hydroxylation is 1. The van der Waals surface area contributed by atoms with Gasteiger partial charge in [-0.1, -0.05) is 17.7 Å². The maximum atomic E-state index is 9.79. The quantitative estimate of drug-likeness (QED) is 0.716. The van der Waals surface area contributed by atoms with E-state index >= 15 is 0 Å². The molecule has 1 rings (SSSR count). The van der Waals surface area contributed by atoms with E-state index in [4.69, 9.17) is 4.74 Å². The molecule has 1 unspecified atom stereocenters. The van der Waals surface area contributed by atoms with E-state index in [0.29, 0.717) is 5.75 Å². The Balaban J connectivity index is 2.41. The summed E-state index contributed by atoms with van der Waals surface area (Å²) < 4.78 is 5.00. The molecule has 0 saturated carbocycles. The van der Waals surface area contributed by atoms with Crippen molar-refractivity contribution in [2.75, 3.05) is 20.3 Å². The molecule has 3 nitrogen and oxygen atoms in total. The molecule has 0 aliphatic rings. The smallest absolute Gasteiger partial charge is 0.120 e. The monoisotopic (exact) mass is 237 g/mol. The summed E-state index contributed by atoms with van der Waals surface area (Å²) in [5.41, 5.74) is 2.14. The van der Waals surface area contributed by atoms with Gasteiger partial charge in [0.25, 0.3) is 0 Å². The van der Waals surface area contributed by atoms with Crippen molar-refractivity contribution in [2.45, 2.75) is 32.7 Å². The van der Waals surface area contributed by atoms with Gasteiger partial charge in [-0.05, 0) is 39.3 Å². The summed E-state index contributed by atoms with van der Waals surface area (Å²) in [5, 5.41) is 13.2. The van der Waals surface area contributed by atoms with Crippen LogP contribution < -0.4 is 5.32 Å². The Morgan fingerprint density at radius 2 is 2.12 bits per heavy atom. The summed E-state index contributed by atoms with van der Waals surface area (Å²) in [5.74, 6) is 0.368. The Kier molecular flexibility index (Phi) is 6.01. The van der Waals surface area contributed by atoms with Crippen molar-refractivity contribution in [2.24, 2.45) is 0 Å². The Bertz CT molecular complexity index is 339. The van der Waals surface area contributed by atoms with Crippen LogP contribution in [0.5, 0.6) is 5.75 Å². The third-order valence-corrected chi connectivity index (χ3v) is 2.88. The van der Waals surface area contributed by atoms with Gasteiger partial charge in [0.2, 0.25) is 0 Å². The van der Waals surface area contributed by atoms with Crippen LogP contribution in [0, 0.1) is 6.92 Å². The lowest BCUT2D eigenvalue weighted by atomic mass is 10.0. The van der Waals surface area contributed by atoms with E-state index in [-0.39, 0.29) is 6.04 Å².